The van der Waals surface area contributed by atoms with E-state index in [9.17, 15) is 47.5 Å². The van der Waals surface area contributed by atoms with E-state index >= 15 is 0 Å². The van der Waals surface area contributed by atoms with Gasteiger partial charge in [-0.3, -0.25) is 33.3 Å². The van der Waals surface area contributed by atoms with E-state index in [1.54, 1.807) is 18.2 Å². The van der Waals surface area contributed by atoms with Crippen LogP contribution in [0.5, 0.6) is 5.75 Å². The number of hydrogen-bond acceptors (Lipinski definition) is 18. The number of rotatable bonds is 33. The van der Waals surface area contributed by atoms with Crippen LogP contribution >= 0.6 is 23.5 Å². The van der Waals surface area contributed by atoms with Gasteiger partial charge in [0.05, 0.1) is 32.5 Å². The molecule has 30 nitrogen and oxygen atoms in total. The number of amides is 2. The first-order chi connectivity index (χ1) is 33.2. The summed E-state index contributed by atoms with van der Waals surface area (Å²) in [6.07, 6.45) is 2.56. The van der Waals surface area contributed by atoms with E-state index in [4.69, 9.17) is 44.5 Å². The van der Waals surface area contributed by atoms with Gasteiger partial charge in [-0.15, -0.1) is 0 Å². The van der Waals surface area contributed by atoms with Gasteiger partial charge in [-0.25, -0.2) is 18.5 Å². The summed E-state index contributed by atoms with van der Waals surface area (Å²) in [5.41, 5.74) is 15.7. The van der Waals surface area contributed by atoms with Crippen molar-refractivity contribution in [2.75, 3.05) is 52.9 Å². The summed E-state index contributed by atoms with van der Waals surface area (Å²) in [5.74, 6) is 4.51. The second-order valence-electron chi connectivity index (χ2n) is 14.6. The second-order valence-corrected chi connectivity index (χ2v) is 19.0. The lowest BCUT2D eigenvalue weighted by atomic mass is 10.1. The number of phosphoric ester groups is 1. The number of phosphoric acid groups is 3. The largest absolute Gasteiger partial charge is 0.491 e. The van der Waals surface area contributed by atoms with Crippen LogP contribution in [0.1, 0.15) is 86.9 Å². The minimum atomic E-state index is -5.84. The van der Waals surface area contributed by atoms with Gasteiger partial charge in [-0.05, 0) is 42.1 Å². The average molecular weight is 1050 g/mol. The number of Topliss-reactive ketones (excluding diaryl/α,β-unsaturated/α-hetero) is 1. The zero-order valence-electron chi connectivity index (χ0n) is 37.5. The first kappa shape index (κ1) is 59.1. The fourth-order valence-electron chi connectivity index (χ4n) is 6.06. The Labute approximate surface area is 398 Å². The van der Waals surface area contributed by atoms with Crippen molar-refractivity contribution in [2.45, 2.75) is 89.4 Å². The number of hydrogen-bond donors (Lipinski definition) is 7. The minimum absolute atomic E-state index is 0.118. The normalized spacial score (nSPS) is 17.6. The fourth-order valence-corrected chi connectivity index (χ4v) is 9.09. The van der Waals surface area contributed by atoms with E-state index in [1.165, 1.54) is 6.07 Å². The van der Waals surface area contributed by atoms with E-state index in [0.29, 0.717) is 37.1 Å². The van der Waals surface area contributed by atoms with E-state index in [-0.39, 0.29) is 50.0 Å². The summed E-state index contributed by atoms with van der Waals surface area (Å²) >= 11 is 0. The Hall–Kier alpha value is -5.26. The number of ether oxygens (including phenoxy) is 5. The lowest BCUT2D eigenvalue weighted by Crippen LogP contribution is -2.34. The highest BCUT2D eigenvalue weighted by atomic mass is 31.3. The van der Waals surface area contributed by atoms with Crippen molar-refractivity contribution in [3.63, 3.8) is 0 Å². The number of unbranched alkanes of at least 4 members (excludes halogenated alkanes) is 4. The van der Waals surface area contributed by atoms with Crippen molar-refractivity contribution in [3.8, 4) is 17.6 Å². The van der Waals surface area contributed by atoms with Gasteiger partial charge in [0.25, 0.3) is 11.5 Å². The molecule has 0 spiro atoms. The van der Waals surface area contributed by atoms with Crippen molar-refractivity contribution in [1.82, 2.24) is 20.2 Å². The number of benzene rings is 1. The third-order valence-electron chi connectivity index (χ3n) is 9.20. The molecule has 2 amide bonds. The topological polar surface area (TPSA) is 434 Å². The minimum Gasteiger partial charge on any atom is -0.491 e. The molecule has 1 aliphatic heterocycles. The van der Waals surface area contributed by atoms with E-state index < -0.39 is 85.2 Å². The van der Waals surface area contributed by atoms with Crippen LogP contribution in [0.15, 0.2) is 50.3 Å². The molecule has 1 aromatic carbocycles. The number of carbonyl (C=O) groups excluding carboxylic acids is 3. The average Bonchev–Trinajstić information content (AvgIpc) is 3.69. The van der Waals surface area contributed by atoms with Crippen LogP contribution in [0, 0.1) is 11.8 Å². The van der Waals surface area contributed by atoms with Crippen LogP contribution in [-0.4, -0.2) is 118 Å². The smallest absolute Gasteiger partial charge is 0.490 e. The van der Waals surface area contributed by atoms with Crippen LogP contribution in [-0.2, 0) is 55.4 Å². The summed E-state index contributed by atoms with van der Waals surface area (Å²) in [4.78, 5) is 106. The first-order valence-corrected chi connectivity index (χ1v) is 25.7. The summed E-state index contributed by atoms with van der Waals surface area (Å²) < 4.78 is 75.2. The number of carbonyl (C=O) groups is 3. The lowest BCUT2D eigenvalue weighted by molar-refractivity contribution is -0.126. The van der Waals surface area contributed by atoms with E-state index in [0.717, 1.165) is 42.9 Å². The lowest BCUT2D eigenvalue weighted by Gasteiger charge is -2.20. The number of ketones is 1. The predicted octanol–water partition coefficient (Wildman–Crippen LogP) is 3.48. The highest BCUT2D eigenvalue weighted by Crippen LogP contribution is 2.66. The van der Waals surface area contributed by atoms with Gasteiger partial charge in [0, 0.05) is 47.4 Å². The van der Waals surface area contributed by atoms with Crippen molar-refractivity contribution in [1.29, 1.82) is 0 Å². The molecule has 7 N–H and O–H groups in total. The van der Waals surface area contributed by atoms with Gasteiger partial charge < -0.3 is 53.9 Å². The number of nitrogens with zero attached hydrogens (tertiary/aromatic N) is 7. The Morgan fingerprint density at radius 2 is 1.76 bits per heavy atom. The van der Waals surface area contributed by atoms with Gasteiger partial charge in [0.15, 0.2) is 6.23 Å². The SMILES string of the molecule is CCCCCCCC(=O)CCCNC(=O)c1cccc(OCC(N=[N+]=[N-])OCCOCC(=O)NCC#Cc2cn(C3CC(OCN=[N+]=[N-])C(COP(=O)(O)OP(=O)(O)OP(=O)(O)O)O3)c(=O)[nH]c2=O)c1. The number of aromatic nitrogens is 2. The molecule has 33 heteroatoms. The maximum Gasteiger partial charge on any atom is 0.490 e. The van der Waals surface area contributed by atoms with Gasteiger partial charge in [-0.2, -0.15) is 8.62 Å². The highest BCUT2D eigenvalue weighted by molar-refractivity contribution is 7.66. The molecule has 2 aromatic rings. The van der Waals surface area contributed by atoms with E-state index in [1.807, 2.05) is 4.98 Å². The number of aromatic amines is 1. The van der Waals surface area contributed by atoms with Crippen molar-refractivity contribution >= 4 is 41.1 Å². The Kier molecular flexibility index (Phi) is 25.7. The van der Waals surface area contributed by atoms with E-state index in [2.05, 4.69) is 62.6 Å². The van der Waals surface area contributed by atoms with Crippen LogP contribution < -0.4 is 26.6 Å². The second kappa shape index (κ2) is 30.5. The molecule has 0 radical (unpaired) electrons. The fraction of sp³-hybridized carbons (Fsp3) is 0.595. The monoisotopic (exact) mass is 1050 g/mol. The van der Waals surface area contributed by atoms with Gasteiger partial charge in [0.1, 0.15) is 49.4 Å². The summed E-state index contributed by atoms with van der Waals surface area (Å²) in [6, 6.07) is 6.30. The summed E-state index contributed by atoms with van der Waals surface area (Å²) in [5, 5.41) is 11.9. The molecule has 6 unspecified atom stereocenters. The Balaban J connectivity index is 1.44. The zero-order chi connectivity index (χ0) is 51.6. The molecule has 2 heterocycles. The zero-order valence-corrected chi connectivity index (χ0v) is 40.2. The van der Waals surface area contributed by atoms with Gasteiger partial charge in [0.2, 0.25) is 5.91 Å². The van der Waals surface area contributed by atoms with Gasteiger partial charge in [-0.1, -0.05) is 60.7 Å². The maximum absolute atomic E-state index is 12.8. The number of nitrogens with one attached hydrogen (secondary N) is 3. The maximum atomic E-state index is 12.8. The Bertz CT molecular complexity index is 2500. The predicted molar refractivity (Wildman–Crippen MR) is 240 cm³/mol. The molecular formula is C37H53N10O20P3. The first-order valence-electron chi connectivity index (χ1n) is 21.2. The highest BCUT2D eigenvalue weighted by Gasteiger charge is 2.43. The molecule has 6 atom stereocenters. The molecule has 1 aliphatic rings. The molecule has 1 saturated heterocycles. The third-order valence-corrected chi connectivity index (χ3v) is 13.0. The van der Waals surface area contributed by atoms with Crippen molar-refractivity contribution < 1.29 is 84.5 Å². The van der Waals surface area contributed by atoms with Crippen molar-refractivity contribution in [2.24, 2.45) is 10.2 Å². The molecule has 386 valence electrons. The Morgan fingerprint density at radius 1 is 1.00 bits per heavy atom. The summed E-state index contributed by atoms with van der Waals surface area (Å²) in [7, 11) is -17.1. The molecule has 0 saturated carbocycles. The molecular weight excluding hydrogens is 997 g/mol. The van der Waals surface area contributed by atoms with Crippen LogP contribution in [0.3, 0.4) is 0 Å². The number of azide groups is 2. The van der Waals surface area contributed by atoms with Crippen LogP contribution in [0.2, 0.25) is 0 Å². The standard InChI is InChI=1S/C37H53N10O20P3/c1-2-3-4-5-6-12-28(48)13-9-16-41-35(50)26-10-7-14-29(19-26)62-24-33(44-46-39)61-18-17-60-23-32(49)40-15-8-11-27-21-47(37(52)43-36(27)51)34-20-30(63-25-42-45-38)31(65-34)22-64-69(56,57)67-70(58,59)66-68(53,54)55/h7,10,14,19,21,30-31,33-34H,2-6,9,12-13,15-18,20,22-25H2,1H3,(H,40,49)(H,41,50)(H,56,57)(H,58,59)(H,43,51,52)(H2,53,54,55). The summed E-state index contributed by atoms with van der Waals surface area (Å²) in [6.45, 7) is -0.338. The van der Waals surface area contributed by atoms with Crippen molar-refractivity contribution in [3.05, 3.63) is 83.3 Å². The van der Waals surface area contributed by atoms with Crippen LogP contribution in [0.4, 0.5) is 0 Å². The molecule has 3 rings (SSSR count). The quantitative estimate of drug-likeness (QED) is 0.0134. The molecule has 70 heavy (non-hydrogen) atoms. The van der Waals surface area contributed by atoms with Crippen LogP contribution in [0.25, 0.3) is 20.9 Å². The van der Waals surface area contributed by atoms with Gasteiger partial charge >= 0.3 is 29.2 Å². The molecule has 1 aromatic heterocycles. The number of H-pyrrole nitrogens is 1. The Morgan fingerprint density at radius 3 is 2.49 bits per heavy atom. The third kappa shape index (κ3) is 23.6. The molecule has 0 aliphatic carbocycles. The molecule has 0 bridgehead atoms. The molecule has 1 fully saturated rings.